The molecule has 0 radical (unpaired) electrons. The molecule has 2 rings (SSSR count). The van der Waals surface area contributed by atoms with Crippen LogP contribution >= 0.6 is 0 Å². The fourth-order valence-corrected chi connectivity index (χ4v) is 1.50. The van der Waals surface area contributed by atoms with Crippen LogP contribution in [0.15, 0.2) is 24.5 Å². The van der Waals surface area contributed by atoms with E-state index in [1.54, 1.807) is 13.1 Å². The molecule has 0 aliphatic heterocycles. The number of pyridine rings is 1. The maximum absolute atomic E-state index is 9.40. The zero-order valence-electron chi connectivity index (χ0n) is 7.94. The maximum Gasteiger partial charge on any atom is 0.0737 e. The predicted octanol–water partition coefficient (Wildman–Crippen LogP) is 0.943. The Balaban J connectivity index is 2.56. The standard InChI is InChI=1S/C10H13N3O/c1-6(14)9(11)10-7-2-4-12-8(7)3-5-13-10/h2-6,9,12,14H,11H2,1H3/t6-,9+/m1/s1. The minimum Gasteiger partial charge on any atom is -0.391 e. The highest BCUT2D eigenvalue weighted by Crippen LogP contribution is 2.21. The summed E-state index contributed by atoms with van der Waals surface area (Å²) >= 11 is 0. The Morgan fingerprint density at radius 1 is 1.50 bits per heavy atom. The first-order chi connectivity index (χ1) is 6.70. The van der Waals surface area contributed by atoms with Crippen LogP contribution < -0.4 is 5.73 Å². The van der Waals surface area contributed by atoms with Crippen molar-refractivity contribution >= 4 is 10.9 Å². The number of aromatic nitrogens is 2. The van der Waals surface area contributed by atoms with E-state index < -0.39 is 12.1 Å². The molecule has 2 aromatic rings. The largest absolute Gasteiger partial charge is 0.391 e. The third-order valence-corrected chi connectivity index (χ3v) is 2.35. The van der Waals surface area contributed by atoms with Gasteiger partial charge in [-0.1, -0.05) is 0 Å². The monoisotopic (exact) mass is 191 g/mol. The third kappa shape index (κ3) is 1.38. The molecule has 14 heavy (non-hydrogen) atoms. The molecule has 74 valence electrons. The first-order valence-electron chi connectivity index (χ1n) is 4.56. The van der Waals surface area contributed by atoms with Crippen molar-refractivity contribution in [1.82, 2.24) is 9.97 Å². The van der Waals surface area contributed by atoms with Crippen LogP contribution in [0, 0.1) is 0 Å². The summed E-state index contributed by atoms with van der Waals surface area (Å²) in [6.45, 7) is 1.66. The second-order valence-corrected chi connectivity index (χ2v) is 3.40. The van der Waals surface area contributed by atoms with Gasteiger partial charge < -0.3 is 15.8 Å². The highest BCUT2D eigenvalue weighted by atomic mass is 16.3. The van der Waals surface area contributed by atoms with E-state index in [0.29, 0.717) is 0 Å². The number of rotatable bonds is 2. The van der Waals surface area contributed by atoms with Crippen molar-refractivity contribution in [3.05, 3.63) is 30.2 Å². The lowest BCUT2D eigenvalue weighted by atomic mass is 10.1. The lowest BCUT2D eigenvalue weighted by Gasteiger charge is -2.14. The molecule has 0 bridgehead atoms. The lowest BCUT2D eigenvalue weighted by Crippen LogP contribution is -2.24. The van der Waals surface area contributed by atoms with E-state index in [1.165, 1.54) is 0 Å². The fourth-order valence-electron chi connectivity index (χ4n) is 1.50. The van der Waals surface area contributed by atoms with Gasteiger partial charge in [0.15, 0.2) is 0 Å². The number of nitrogens with two attached hydrogens (primary N) is 1. The zero-order chi connectivity index (χ0) is 10.1. The molecular formula is C10H13N3O. The molecule has 4 heteroatoms. The van der Waals surface area contributed by atoms with Crippen molar-refractivity contribution in [2.24, 2.45) is 5.73 Å². The summed E-state index contributed by atoms with van der Waals surface area (Å²) in [5.41, 5.74) is 7.56. The summed E-state index contributed by atoms with van der Waals surface area (Å²) in [4.78, 5) is 7.27. The van der Waals surface area contributed by atoms with Crippen LogP contribution in [0.4, 0.5) is 0 Å². The van der Waals surface area contributed by atoms with Crippen molar-refractivity contribution < 1.29 is 5.11 Å². The zero-order valence-corrected chi connectivity index (χ0v) is 7.94. The van der Waals surface area contributed by atoms with Crippen LogP contribution in [-0.2, 0) is 0 Å². The number of aliphatic hydroxyl groups excluding tert-OH is 1. The van der Waals surface area contributed by atoms with Gasteiger partial charge in [-0.3, -0.25) is 4.98 Å². The molecule has 0 fully saturated rings. The summed E-state index contributed by atoms with van der Waals surface area (Å²) in [7, 11) is 0. The number of aliphatic hydroxyl groups is 1. The quantitative estimate of drug-likeness (QED) is 0.661. The Bertz CT molecular complexity index is 436. The molecule has 0 saturated heterocycles. The molecule has 0 unspecified atom stereocenters. The van der Waals surface area contributed by atoms with E-state index in [4.69, 9.17) is 5.73 Å². The molecule has 0 aliphatic rings. The molecule has 0 aromatic carbocycles. The highest BCUT2D eigenvalue weighted by Gasteiger charge is 2.16. The topological polar surface area (TPSA) is 74.9 Å². The Morgan fingerprint density at radius 3 is 3.00 bits per heavy atom. The van der Waals surface area contributed by atoms with Gasteiger partial charge in [0.1, 0.15) is 0 Å². The van der Waals surface area contributed by atoms with Gasteiger partial charge in [-0.05, 0) is 19.1 Å². The number of nitrogens with zero attached hydrogens (tertiary/aromatic N) is 1. The third-order valence-electron chi connectivity index (χ3n) is 2.35. The molecule has 4 N–H and O–H groups in total. The summed E-state index contributed by atoms with van der Waals surface area (Å²) in [6, 6.07) is 3.36. The number of hydrogen-bond acceptors (Lipinski definition) is 3. The van der Waals surface area contributed by atoms with E-state index in [-0.39, 0.29) is 0 Å². The normalized spacial score (nSPS) is 15.6. The average molecular weight is 191 g/mol. The Labute approximate surface area is 81.8 Å². The van der Waals surface area contributed by atoms with Gasteiger partial charge >= 0.3 is 0 Å². The van der Waals surface area contributed by atoms with Crippen LogP contribution in [0.25, 0.3) is 10.9 Å². The fraction of sp³-hybridized carbons (Fsp3) is 0.300. The molecule has 4 nitrogen and oxygen atoms in total. The molecular weight excluding hydrogens is 178 g/mol. The van der Waals surface area contributed by atoms with Gasteiger partial charge in [-0.15, -0.1) is 0 Å². The van der Waals surface area contributed by atoms with Gasteiger partial charge in [-0.2, -0.15) is 0 Å². The van der Waals surface area contributed by atoms with E-state index >= 15 is 0 Å². The van der Waals surface area contributed by atoms with Crippen molar-refractivity contribution in [3.63, 3.8) is 0 Å². The van der Waals surface area contributed by atoms with Crippen molar-refractivity contribution in [1.29, 1.82) is 0 Å². The Hall–Kier alpha value is -1.39. The predicted molar refractivity (Wildman–Crippen MR) is 54.7 cm³/mol. The second kappa shape index (κ2) is 3.40. The van der Waals surface area contributed by atoms with Crippen LogP contribution in [0.2, 0.25) is 0 Å². The Kier molecular flexibility index (Phi) is 2.23. The summed E-state index contributed by atoms with van der Waals surface area (Å²) in [6.07, 6.45) is 2.93. The number of nitrogens with one attached hydrogen (secondary N) is 1. The number of aromatic amines is 1. The van der Waals surface area contributed by atoms with Crippen molar-refractivity contribution in [2.45, 2.75) is 19.1 Å². The molecule has 0 aliphatic carbocycles. The van der Waals surface area contributed by atoms with E-state index in [9.17, 15) is 5.11 Å². The SMILES string of the molecule is C[C@@H](O)[C@H](N)c1nccc2[nH]ccc12. The minimum atomic E-state index is -0.594. The van der Waals surface area contributed by atoms with Crippen LogP contribution in [0.5, 0.6) is 0 Å². The summed E-state index contributed by atoms with van der Waals surface area (Å²) in [5, 5.41) is 10.4. The molecule has 2 aromatic heterocycles. The lowest BCUT2D eigenvalue weighted by molar-refractivity contribution is 0.163. The number of hydrogen-bond donors (Lipinski definition) is 3. The second-order valence-electron chi connectivity index (χ2n) is 3.40. The average Bonchev–Trinajstić information content (AvgIpc) is 2.63. The van der Waals surface area contributed by atoms with Crippen LogP contribution in [-0.4, -0.2) is 21.2 Å². The molecule has 2 heterocycles. The summed E-state index contributed by atoms with van der Waals surface area (Å²) < 4.78 is 0. The van der Waals surface area contributed by atoms with Gasteiger partial charge in [-0.25, -0.2) is 0 Å². The first-order valence-corrected chi connectivity index (χ1v) is 4.56. The van der Waals surface area contributed by atoms with Gasteiger partial charge in [0, 0.05) is 23.3 Å². The maximum atomic E-state index is 9.40. The molecule has 2 atom stereocenters. The van der Waals surface area contributed by atoms with Crippen LogP contribution in [0.1, 0.15) is 18.7 Å². The number of fused-ring (bicyclic) bond motifs is 1. The van der Waals surface area contributed by atoms with Crippen molar-refractivity contribution in [2.75, 3.05) is 0 Å². The van der Waals surface area contributed by atoms with Crippen molar-refractivity contribution in [3.8, 4) is 0 Å². The number of H-pyrrole nitrogens is 1. The van der Waals surface area contributed by atoms with E-state index in [0.717, 1.165) is 16.6 Å². The summed E-state index contributed by atoms with van der Waals surface area (Å²) in [5.74, 6) is 0. The molecule has 0 spiro atoms. The molecule has 0 amide bonds. The van der Waals surface area contributed by atoms with Crippen LogP contribution in [0.3, 0.4) is 0 Å². The Morgan fingerprint density at radius 2 is 2.29 bits per heavy atom. The van der Waals surface area contributed by atoms with E-state index in [2.05, 4.69) is 9.97 Å². The molecule has 0 saturated carbocycles. The van der Waals surface area contributed by atoms with E-state index in [1.807, 2.05) is 18.3 Å². The highest BCUT2D eigenvalue weighted by molar-refractivity contribution is 5.81. The van der Waals surface area contributed by atoms with Gasteiger partial charge in [0.2, 0.25) is 0 Å². The minimum absolute atomic E-state index is 0.436. The van der Waals surface area contributed by atoms with Gasteiger partial charge in [0.25, 0.3) is 0 Å². The van der Waals surface area contributed by atoms with Gasteiger partial charge in [0.05, 0.1) is 17.8 Å². The first kappa shape index (κ1) is 9.18. The smallest absolute Gasteiger partial charge is 0.0737 e.